The first kappa shape index (κ1) is 18.5. The SMILES string of the molecule is COc1ccc(S(=O)(=O)Nc2cc(N3CCOCC3)ccc2C)c(C)c1. The Morgan fingerprint density at radius 1 is 1.04 bits per heavy atom. The fraction of sp³-hybridized carbons (Fsp3) is 0.368. The highest BCUT2D eigenvalue weighted by atomic mass is 32.2. The summed E-state index contributed by atoms with van der Waals surface area (Å²) in [5.41, 5.74) is 3.09. The van der Waals surface area contributed by atoms with Gasteiger partial charge < -0.3 is 14.4 Å². The van der Waals surface area contributed by atoms with Crippen LogP contribution >= 0.6 is 0 Å². The number of ether oxygens (including phenoxy) is 2. The maximum absolute atomic E-state index is 12.9. The molecule has 26 heavy (non-hydrogen) atoms. The number of morpholine rings is 1. The third kappa shape index (κ3) is 3.94. The van der Waals surface area contributed by atoms with Crippen LogP contribution in [0.4, 0.5) is 11.4 Å². The van der Waals surface area contributed by atoms with Crippen LogP contribution in [0.15, 0.2) is 41.3 Å². The van der Waals surface area contributed by atoms with Crippen molar-refractivity contribution in [3.63, 3.8) is 0 Å². The zero-order valence-corrected chi connectivity index (χ0v) is 16.1. The summed E-state index contributed by atoms with van der Waals surface area (Å²) in [5.74, 6) is 0.631. The molecule has 0 aliphatic carbocycles. The Hall–Kier alpha value is -2.25. The highest BCUT2D eigenvalue weighted by Gasteiger charge is 2.19. The molecule has 1 N–H and O–H groups in total. The average Bonchev–Trinajstić information content (AvgIpc) is 2.63. The molecule has 0 radical (unpaired) electrons. The lowest BCUT2D eigenvalue weighted by Crippen LogP contribution is -2.36. The van der Waals surface area contributed by atoms with Gasteiger partial charge in [0.05, 0.1) is 30.9 Å². The summed E-state index contributed by atoms with van der Waals surface area (Å²) in [4.78, 5) is 2.44. The van der Waals surface area contributed by atoms with Gasteiger partial charge in [-0.1, -0.05) is 6.07 Å². The van der Waals surface area contributed by atoms with Gasteiger partial charge >= 0.3 is 0 Å². The third-order valence-corrected chi connectivity index (χ3v) is 6.04. The van der Waals surface area contributed by atoms with E-state index in [0.717, 1.165) is 24.3 Å². The van der Waals surface area contributed by atoms with E-state index in [1.165, 1.54) is 0 Å². The molecule has 1 aliphatic heterocycles. The van der Waals surface area contributed by atoms with E-state index in [0.29, 0.717) is 30.2 Å². The van der Waals surface area contributed by atoms with Gasteiger partial charge in [-0.3, -0.25) is 4.72 Å². The Kier molecular flexibility index (Phi) is 5.38. The van der Waals surface area contributed by atoms with Crippen molar-refractivity contribution in [2.24, 2.45) is 0 Å². The van der Waals surface area contributed by atoms with Gasteiger partial charge in [-0.05, 0) is 55.3 Å². The first-order chi connectivity index (χ1) is 12.4. The van der Waals surface area contributed by atoms with Crippen LogP contribution in [0.2, 0.25) is 0 Å². The van der Waals surface area contributed by atoms with Crippen molar-refractivity contribution in [1.82, 2.24) is 0 Å². The minimum Gasteiger partial charge on any atom is -0.497 e. The molecular formula is C19H24N2O4S. The first-order valence-corrected chi connectivity index (χ1v) is 10.00. The maximum atomic E-state index is 12.9. The number of methoxy groups -OCH3 is 1. The minimum absolute atomic E-state index is 0.245. The Morgan fingerprint density at radius 3 is 2.42 bits per heavy atom. The fourth-order valence-corrected chi connectivity index (χ4v) is 4.34. The summed E-state index contributed by atoms with van der Waals surface area (Å²) in [6, 6.07) is 10.8. The van der Waals surface area contributed by atoms with Crippen molar-refractivity contribution < 1.29 is 17.9 Å². The lowest BCUT2D eigenvalue weighted by Gasteiger charge is -2.29. The Balaban J connectivity index is 1.89. The number of anilines is 2. The lowest BCUT2D eigenvalue weighted by atomic mass is 10.1. The predicted octanol–water partition coefficient (Wildman–Crippen LogP) is 2.95. The number of benzene rings is 2. The van der Waals surface area contributed by atoms with Gasteiger partial charge in [0.2, 0.25) is 0 Å². The van der Waals surface area contributed by atoms with E-state index in [2.05, 4.69) is 9.62 Å². The largest absolute Gasteiger partial charge is 0.497 e. The monoisotopic (exact) mass is 376 g/mol. The smallest absolute Gasteiger partial charge is 0.262 e. The molecule has 7 heteroatoms. The van der Waals surface area contributed by atoms with Crippen LogP contribution in [0, 0.1) is 13.8 Å². The van der Waals surface area contributed by atoms with Crippen LogP contribution in [-0.4, -0.2) is 41.8 Å². The molecule has 0 amide bonds. The van der Waals surface area contributed by atoms with Crippen LogP contribution in [0.3, 0.4) is 0 Å². The number of hydrogen-bond donors (Lipinski definition) is 1. The van der Waals surface area contributed by atoms with Crippen LogP contribution in [0.25, 0.3) is 0 Å². The number of hydrogen-bond acceptors (Lipinski definition) is 5. The molecule has 0 unspecified atom stereocenters. The van der Waals surface area contributed by atoms with Crippen molar-refractivity contribution in [1.29, 1.82) is 0 Å². The average molecular weight is 376 g/mol. The first-order valence-electron chi connectivity index (χ1n) is 8.51. The number of aryl methyl sites for hydroxylation is 2. The highest BCUT2D eigenvalue weighted by Crippen LogP contribution is 2.28. The Bertz CT molecular complexity index is 890. The molecule has 140 valence electrons. The van der Waals surface area contributed by atoms with Crippen LogP contribution < -0.4 is 14.4 Å². The molecule has 1 fully saturated rings. The molecule has 2 aromatic rings. The predicted molar refractivity (Wildman–Crippen MR) is 103 cm³/mol. The number of nitrogens with one attached hydrogen (secondary N) is 1. The fourth-order valence-electron chi connectivity index (χ4n) is 2.99. The van der Waals surface area contributed by atoms with Gasteiger partial charge in [0.15, 0.2) is 0 Å². The van der Waals surface area contributed by atoms with Crippen molar-refractivity contribution >= 4 is 21.4 Å². The summed E-state index contributed by atoms with van der Waals surface area (Å²) in [7, 11) is -2.13. The molecular weight excluding hydrogens is 352 g/mol. The van der Waals surface area contributed by atoms with E-state index in [9.17, 15) is 8.42 Å². The van der Waals surface area contributed by atoms with E-state index in [4.69, 9.17) is 9.47 Å². The van der Waals surface area contributed by atoms with Crippen molar-refractivity contribution in [2.45, 2.75) is 18.7 Å². The standard InChI is InChI=1S/C19H24N2O4S/c1-14-4-5-16(21-8-10-25-11-9-21)13-18(14)20-26(22,23)19-7-6-17(24-3)12-15(19)2/h4-7,12-13,20H,8-11H2,1-3H3. The summed E-state index contributed by atoms with van der Waals surface area (Å²) in [6.45, 7) is 6.61. The van der Waals surface area contributed by atoms with Gasteiger partial charge in [0.25, 0.3) is 10.0 Å². The van der Waals surface area contributed by atoms with E-state index < -0.39 is 10.0 Å². The van der Waals surface area contributed by atoms with Crippen molar-refractivity contribution in [3.05, 3.63) is 47.5 Å². The van der Waals surface area contributed by atoms with Crippen LogP contribution in [0.1, 0.15) is 11.1 Å². The quantitative estimate of drug-likeness (QED) is 0.869. The molecule has 0 saturated carbocycles. The zero-order valence-electron chi connectivity index (χ0n) is 15.3. The van der Waals surface area contributed by atoms with Gasteiger partial charge in [-0.25, -0.2) is 8.42 Å². The Morgan fingerprint density at radius 2 is 1.77 bits per heavy atom. The minimum atomic E-state index is -3.69. The van der Waals surface area contributed by atoms with E-state index in [1.807, 2.05) is 25.1 Å². The molecule has 3 rings (SSSR count). The molecule has 0 aromatic heterocycles. The van der Waals surface area contributed by atoms with Gasteiger partial charge in [0, 0.05) is 18.8 Å². The molecule has 1 aliphatic rings. The summed E-state index contributed by atoms with van der Waals surface area (Å²) >= 11 is 0. The molecule has 0 bridgehead atoms. The van der Waals surface area contributed by atoms with Gasteiger partial charge in [-0.15, -0.1) is 0 Å². The van der Waals surface area contributed by atoms with E-state index >= 15 is 0 Å². The van der Waals surface area contributed by atoms with E-state index in [1.54, 1.807) is 32.2 Å². The topological polar surface area (TPSA) is 67.9 Å². The normalized spacial score (nSPS) is 15.0. The summed E-state index contributed by atoms with van der Waals surface area (Å²) < 4.78 is 39.0. The van der Waals surface area contributed by atoms with E-state index in [-0.39, 0.29) is 4.90 Å². The second-order valence-electron chi connectivity index (χ2n) is 6.34. The third-order valence-electron chi connectivity index (χ3n) is 4.51. The molecule has 0 atom stereocenters. The van der Waals surface area contributed by atoms with Crippen LogP contribution in [0.5, 0.6) is 5.75 Å². The summed E-state index contributed by atoms with van der Waals surface area (Å²) in [5, 5.41) is 0. The number of sulfonamides is 1. The molecule has 1 heterocycles. The van der Waals surface area contributed by atoms with Crippen molar-refractivity contribution in [2.75, 3.05) is 43.0 Å². The number of nitrogens with zero attached hydrogens (tertiary/aromatic N) is 1. The molecule has 2 aromatic carbocycles. The molecule has 0 spiro atoms. The lowest BCUT2D eigenvalue weighted by molar-refractivity contribution is 0.122. The summed E-state index contributed by atoms with van der Waals surface area (Å²) in [6.07, 6.45) is 0. The second kappa shape index (κ2) is 7.55. The maximum Gasteiger partial charge on any atom is 0.262 e. The zero-order chi connectivity index (χ0) is 18.7. The van der Waals surface area contributed by atoms with Crippen molar-refractivity contribution in [3.8, 4) is 5.75 Å². The highest BCUT2D eigenvalue weighted by molar-refractivity contribution is 7.92. The Labute approximate surface area is 154 Å². The van der Waals surface area contributed by atoms with Gasteiger partial charge in [-0.2, -0.15) is 0 Å². The van der Waals surface area contributed by atoms with Crippen LogP contribution in [-0.2, 0) is 14.8 Å². The molecule has 6 nitrogen and oxygen atoms in total. The number of rotatable bonds is 5. The molecule has 1 saturated heterocycles. The second-order valence-corrected chi connectivity index (χ2v) is 7.99. The van der Waals surface area contributed by atoms with Gasteiger partial charge in [0.1, 0.15) is 5.75 Å².